The van der Waals surface area contributed by atoms with Crippen LogP contribution in [-0.4, -0.2) is 101 Å². The highest BCUT2D eigenvalue weighted by Gasteiger charge is 1.94. The van der Waals surface area contributed by atoms with E-state index >= 15 is 0 Å². The van der Waals surface area contributed by atoms with E-state index in [-0.39, 0.29) is 26.4 Å². The topological polar surface area (TPSA) is 108 Å². The summed E-state index contributed by atoms with van der Waals surface area (Å²) < 4.78 is 61.7. The summed E-state index contributed by atoms with van der Waals surface area (Å²) in [6, 6.07) is 0. The molecule has 0 aromatic heterocycles. The van der Waals surface area contributed by atoms with Gasteiger partial charge in [0.25, 0.3) is 20.6 Å². The van der Waals surface area contributed by atoms with Crippen molar-refractivity contribution in [1.29, 1.82) is 0 Å². The highest BCUT2D eigenvalue weighted by atomic mass is 35.7. The van der Waals surface area contributed by atoms with Crippen LogP contribution in [0.3, 0.4) is 0 Å². The maximum Gasteiger partial charge on any atom is 0.256 e. The molecule has 0 aliphatic heterocycles. The summed E-state index contributed by atoms with van der Waals surface area (Å²) in [6.45, 7) is 4.90. The average molecular weight is 539 g/mol. The summed E-state index contributed by atoms with van der Waals surface area (Å²) in [5.41, 5.74) is 0. The fourth-order valence-corrected chi connectivity index (χ4v) is 2.17. The van der Waals surface area contributed by atoms with Crippen molar-refractivity contribution >= 4 is 42.0 Å². The second kappa shape index (κ2) is 26.9. The Morgan fingerprint density at radius 3 is 0.969 bits per heavy atom. The number of hydrogen-bond acceptors (Lipinski definition) is 10. The van der Waals surface area contributed by atoms with Gasteiger partial charge in [-0.05, 0) is 0 Å². The van der Waals surface area contributed by atoms with E-state index in [2.05, 4.69) is 32.0 Å². The zero-order valence-corrected chi connectivity index (χ0v) is 20.7. The lowest BCUT2D eigenvalue weighted by molar-refractivity contribution is -0.0142. The minimum atomic E-state index is -1.82. The van der Waals surface area contributed by atoms with E-state index in [9.17, 15) is 8.42 Å². The van der Waals surface area contributed by atoms with Gasteiger partial charge >= 0.3 is 0 Å². The van der Waals surface area contributed by atoms with Gasteiger partial charge in [-0.2, -0.15) is 0 Å². The molecular weight excluding hydrogens is 511 g/mol. The molecule has 0 aromatic carbocycles. The van der Waals surface area contributed by atoms with Gasteiger partial charge in [0.1, 0.15) is 26.4 Å². The lowest BCUT2D eigenvalue weighted by Gasteiger charge is -2.07. The normalized spacial score (nSPS) is 12.4. The fourth-order valence-electron chi connectivity index (χ4n) is 1.60. The van der Waals surface area contributed by atoms with Gasteiger partial charge in [-0.1, -0.05) is 23.7 Å². The Morgan fingerprint density at radius 1 is 0.438 bits per heavy atom. The second-order valence-electron chi connectivity index (χ2n) is 5.17. The average Bonchev–Trinajstić information content (AvgIpc) is 2.75. The third-order valence-corrected chi connectivity index (χ3v) is 4.05. The first-order valence-electron chi connectivity index (χ1n) is 9.43. The predicted octanol–water partition coefficient (Wildman–Crippen LogP) is 0.761. The maximum atomic E-state index is 10.4. The Balaban J connectivity index is 3.13. The molecule has 0 amide bonds. The molecular formula is C18H28Cl2O10S2. The van der Waals surface area contributed by atoms with Crippen LogP contribution >= 0.6 is 21.4 Å². The van der Waals surface area contributed by atoms with E-state index in [1.165, 1.54) is 0 Å². The molecule has 2 atom stereocenters. The molecule has 0 N–H and O–H groups in total. The maximum absolute atomic E-state index is 10.4. The summed E-state index contributed by atoms with van der Waals surface area (Å²) in [5, 5.41) is 0. The highest BCUT2D eigenvalue weighted by Crippen LogP contribution is 1.89. The van der Waals surface area contributed by atoms with Crippen LogP contribution in [0, 0.1) is 23.7 Å². The standard InChI is InChI=1S/C18H28Cl2O10S2/c19-31(21)29-7-3-1-5-23-9-11-25-13-15-27-17-18-28-16-14-26-12-10-24-6-2-4-8-30-32(20)22/h5-18H2. The summed E-state index contributed by atoms with van der Waals surface area (Å²) in [5.74, 6) is 10.6. The molecule has 0 fully saturated rings. The zero-order chi connectivity index (χ0) is 23.5. The fraction of sp³-hybridized carbons (Fsp3) is 0.778. The van der Waals surface area contributed by atoms with Crippen molar-refractivity contribution in [2.45, 2.75) is 0 Å². The van der Waals surface area contributed by atoms with Crippen LogP contribution in [0.2, 0.25) is 0 Å². The molecule has 0 rings (SSSR count). The number of hydrogen-bond donors (Lipinski definition) is 0. The SMILES string of the molecule is O=S(Cl)OCC#CCOCCOCCOCCOCCOCCOCC#CCOS(=O)Cl. The van der Waals surface area contributed by atoms with Crippen LogP contribution in [0.25, 0.3) is 0 Å². The summed E-state index contributed by atoms with van der Waals surface area (Å²) in [6.07, 6.45) is 0. The first-order valence-corrected chi connectivity index (χ1v) is 13.2. The van der Waals surface area contributed by atoms with Crippen LogP contribution in [-0.2, 0) is 57.4 Å². The molecule has 0 saturated heterocycles. The molecule has 0 spiro atoms. The molecule has 0 bridgehead atoms. The predicted molar refractivity (Wildman–Crippen MR) is 120 cm³/mol. The van der Waals surface area contributed by atoms with Gasteiger partial charge in [-0.15, -0.1) is 0 Å². The molecule has 186 valence electrons. The number of halogens is 2. The third kappa shape index (κ3) is 29.7. The van der Waals surface area contributed by atoms with Crippen molar-refractivity contribution in [2.24, 2.45) is 0 Å². The van der Waals surface area contributed by atoms with Crippen molar-refractivity contribution in [3.63, 3.8) is 0 Å². The molecule has 0 saturated carbocycles. The van der Waals surface area contributed by atoms with Crippen LogP contribution in [0.4, 0.5) is 0 Å². The molecule has 0 aliphatic rings. The Labute approximate surface area is 203 Å². The molecule has 2 unspecified atom stereocenters. The highest BCUT2D eigenvalue weighted by molar-refractivity contribution is 8.04. The van der Waals surface area contributed by atoms with Crippen LogP contribution < -0.4 is 0 Å². The lowest BCUT2D eigenvalue weighted by atomic mass is 10.6. The van der Waals surface area contributed by atoms with Crippen LogP contribution in [0.1, 0.15) is 0 Å². The summed E-state index contributed by atoms with van der Waals surface area (Å²) in [7, 11) is 6.52. The molecule has 0 radical (unpaired) electrons. The van der Waals surface area contributed by atoms with Crippen molar-refractivity contribution in [3.05, 3.63) is 0 Å². The summed E-state index contributed by atoms with van der Waals surface area (Å²) in [4.78, 5) is 0. The first kappa shape index (κ1) is 31.7. The molecule has 0 aromatic rings. The molecule has 0 aliphatic carbocycles. The second-order valence-corrected chi connectivity index (χ2v) is 7.93. The van der Waals surface area contributed by atoms with Gasteiger partial charge in [0.2, 0.25) is 0 Å². The summed E-state index contributed by atoms with van der Waals surface area (Å²) >= 11 is 0. The molecule has 14 heteroatoms. The van der Waals surface area contributed by atoms with Crippen molar-refractivity contribution in [2.75, 3.05) is 92.5 Å². The Kier molecular flexibility index (Phi) is 26.7. The van der Waals surface area contributed by atoms with Gasteiger partial charge < -0.3 is 28.4 Å². The Hall–Kier alpha value is -0.320. The Bertz CT molecular complexity index is 552. The van der Waals surface area contributed by atoms with Crippen LogP contribution in [0.5, 0.6) is 0 Å². The largest absolute Gasteiger partial charge is 0.377 e. The molecule has 10 nitrogen and oxygen atoms in total. The Morgan fingerprint density at radius 2 is 0.688 bits per heavy atom. The van der Waals surface area contributed by atoms with Gasteiger partial charge in [-0.25, -0.2) is 8.42 Å². The number of rotatable bonds is 21. The van der Waals surface area contributed by atoms with Gasteiger partial charge in [-0.3, -0.25) is 8.37 Å². The van der Waals surface area contributed by atoms with Crippen molar-refractivity contribution < 1.29 is 45.2 Å². The van der Waals surface area contributed by atoms with Crippen molar-refractivity contribution in [1.82, 2.24) is 0 Å². The van der Waals surface area contributed by atoms with Gasteiger partial charge in [0, 0.05) is 21.4 Å². The van der Waals surface area contributed by atoms with E-state index in [0.29, 0.717) is 66.1 Å². The third-order valence-electron chi connectivity index (χ3n) is 2.91. The zero-order valence-electron chi connectivity index (χ0n) is 17.6. The van der Waals surface area contributed by atoms with Crippen LogP contribution in [0.15, 0.2) is 0 Å². The van der Waals surface area contributed by atoms with E-state index in [1.807, 2.05) is 0 Å². The quantitative estimate of drug-likeness (QED) is 0.118. The minimum absolute atomic E-state index is 0.00497. The van der Waals surface area contributed by atoms with Gasteiger partial charge in [0.15, 0.2) is 0 Å². The van der Waals surface area contributed by atoms with Crippen molar-refractivity contribution in [3.8, 4) is 23.7 Å². The monoisotopic (exact) mass is 538 g/mol. The first-order chi connectivity index (χ1) is 15.6. The molecule has 32 heavy (non-hydrogen) atoms. The van der Waals surface area contributed by atoms with E-state index in [1.54, 1.807) is 0 Å². The number of ether oxygens (including phenoxy) is 6. The minimum Gasteiger partial charge on any atom is -0.377 e. The van der Waals surface area contributed by atoms with E-state index in [4.69, 9.17) is 49.8 Å². The van der Waals surface area contributed by atoms with Gasteiger partial charge in [0.05, 0.1) is 66.1 Å². The van der Waals surface area contributed by atoms with E-state index in [0.717, 1.165) is 0 Å². The van der Waals surface area contributed by atoms with E-state index < -0.39 is 20.6 Å². The lowest BCUT2D eigenvalue weighted by Crippen LogP contribution is -2.14. The smallest absolute Gasteiger partial charge is 0.256 e. The molecule has 0 heterocycles.